The number of rotatable bonds is 7. The molecule has 0 heterocycles. The molecule has 0 aromatic heterocycles. The third-order valence-electron chi connectivity index (χ3n) is 7.98. The molecule has 2 atom stereocenters. The maximum Gasteiger partial charge on any atom is 0.181 e. The minimum absolute atomic E-state index is 0.0823. The zero-order valence-electron chi connectivity index (χ0n) is 21.4. The Kier molecular flexibility index (Phi) is 7.93. The van der Waals surface area contributed by atoms with Gasteiger partial charge in [-0.3, -0.25) is 0 Å². The number of sulfone groups is 1. The van der Waals surface area contributed by atoms with Crippen LogP contribution < -0.4 is 4.74 Å². The molecule has 0 aliphatic heterocycles. The van der Waals surface area contributed by atoms with E-state index in [9.17, 15) is 8.42 Å². The highest BCUT2D eigenvalue weighted by Crippen LogP contribution is 2.37. The van der Waals surface area contributed by atoms with Crippen LogP contribution in [0.2, 0.25) is 0 Å². The van der Waals surface area contributed by atoms with Crippen LogP contribution in [0.3, 0.4) is 0 Å². The van der Waals surface area contributed by atoms with Crippen LogP contribution >= 0.6 is 0 Å². The van der Waals surface area contributed by atoms with Gasteiger partial charge < -0.3 is 9.47 Å². The summed E-state index contributed by atoms with van der Waals surface area (Å²) in [5.74, 6) is 9.04. The fourth-order valence-electron chi connectivity index (χ4n) is 5.28. The molecule has 0 bridgehead atoms. The van der Waals surface area contributed by atoms with E-state index in [0.29, 0.717) is 16.6 Å². The van der Waals surface area contributed by atoms with Gasteiger partial charge in [-0.25, -0.2) is 8.42 Å². The standard InChI is InChI=1S/C30H38O4S/c1-22-8-18-28(19-9-22)35(31,32)29-20-16-27(17-21-29)34-26-14-11-24(12-15-26)30(2,3)23-6-5-7-25(33-4)13-10-23/h11-12,14-17,20-23,25,28H,7-10,13,18-19H2,1-4H3. The second-order valence-electron chi connectivity index (χ2n) is 10.8. The maximum atomic E-state index is 13.0. The van der Waals surface area contributed by atoms with Gasteiger partial charge in [-0.05, 0) is 86.4 Å². The summed E-state index contributed by atoms with van der Waals surface area (Å²) in [5, 5.41) is -0.264. The van der Waals surface area contributed by atoms with Gasteiger partial charge in [-0.2, -0.15) is 0 Å². The highest BCUT2D eigenvalue weighted by atomic mass is 32.2. The Morgan fingerprint density at radius 2 is 1.46 bits per heavy atom. The zero-order valence-corrected chi connectivity index (χ0v) is 22.2. The van der Waals surface area contributed by atoms with Crippen LogP contribution in [0.15, 0.2) is 53.4 Å². The molecule has 35 heavy (non-hydrogen) atoms. The molecule has 0 N–H and O–H groups in total. The first-order valence-electron chi connectivity index (χ1n) is 12.8. The average molecular weight is 495 g/mol. The lowest BCUT2D eigenvalue weighted by molar-refractivity contribution is 0.0943. The summed E-state index contributed by atoms with van der Waals surface area (Å²) in [6, 6.07) is 15.0. The topological polar surface area (TPSA) is 52.6 Å². The van der Waals surface area contributed by atoms with Gasteiger partial charge in [0.15, 0.2) is 9.84 Å². The number of hydrogen-bond donors (Lipinski definition) is 0. The van der Waals surface area contributed by atoms with Crippen molar-refractivity contribution in [3.63, 3.8) is 0 Å². The Hall–Kier alpha value is -2.29. The fraction of sp³-hybridized carbons (Fsp3) is 0.533. The molecular formula is C30H38O4S. The summed E-state index contributed by atoms with van der Waals surface area (Å²) in [4.78, 5) is 0.390. The SMILES string of the molecule is COC1CC#CC(C(C)(C)c2ccc(Oc3ccc(S(=O)(=O)C4CCC(C)CC4)cc3)cc2)CC1. The van der Waals surface area contributed by atoms with E-state index in [1.807, 2.05) is 12.1 Å². The Morgan fingerprint density at radius 1 is 0.857 bits per heavy atom. The van der Waals surface area contributed by atoms with Crippen LogP contribution in [0.1, 0.15) is 71.3 Å². The Morgan fingerprint density at radius 3 is 2.06 bits per heavy atom. The van der Waals surface area contributed by atoms with Crippen LogP contribution in [0.5, 0.6) is 11.5 Å². The summed E-state index contributed by atoms with van der Waals surface area (Å²) in [7, 11) is -1.53. The Bertz CT molecular complexity index is 1150. The molecule has 0 spiro atoms. The van der Waals surface area contributed by atoms with E-state index in [1.54, 1.807) is 31.4 Å². The van der Waals surface area contributed by atoms with Crippen molar-refractivity contribution in [2.75, 3.05) is 7.11 Å². The van der Waals surface area contributed by atoms with Gasteiger partial charge >= 0.3 is 0 Å². The molecule has 2 unspecified atom stereocenters. The monoisotopic (exact) mass is 494 g/mol. The summed E-state index contributed by atoms with van der Waals surface area (Å²) < 4.78 is 37.6. The van der Waals surface area contributed by atoms with Crippen molar-refractivity contribution in [3.8, 4) is 23.3 Å². The minimum atomic E-state index is -3.29. The van der Waals surface area contributed by atoms with Crippen LogP contribution in [0.25, 0.3) is 0 Å². The van der Waals surface area contributed by atoms with Crippen LogP contribution in [-0.4, -0.2) is 26.9 Å². The zero-order chi connectivity index (χ0) is 25.1. The molecule has 2 aliphatic rings. The molecule has 5 heteroatoms. The van der Waals surface area contributed by atoms with Crippen molar-refractivity contribution in [2.24, 2.45) is 11.8 Å². The number of benzene rings is 2. The highest BCUT2D eigenvalue weighted by molar-refractivity contribution is 7.92. The lowest BCUT2D eigenvalue weighted by Crippen LogP contribution is -2.28. The summed E-state index contributed by atoms with van der Waals surface area (Å²) in [5.41, 5.74) is 1.14. The molecule has 4 nitrogen and oxygen atoms in total. The first-order valence-corrected chi connectivity index (χ1v) is 14.4. The van der Waals surface area contributed by atoms with E-state index >= 15 is 0 Å². The predicted molar refractivity (Wildman–Crippen MR) is 141 cm³/mol. The number of ether oxygens (including phenoxy) is 2. The Balaban J connectivity index is 1.41. The highest BCUT2D eigenvalue weighted by Gasteiger charge is 2.32. The summed E-state index contributed by atoms with van der Waals surface area (Å²) in [6.45, 7) is 6.70. The van der Waals surface area contributed by atoms with Gasteiger partial charge in [0.1, 0.15) is 11.5 Å². The molecular weight excluding hydrogens is 456 g/mol. The third kappa shape index (κ3) is 5.93. The fourth-order valence-corrected chi connectivity index (χ4v) is 7.08. The van der Waals surface area contributed by atoms with E-state index in [2.05, 4.69) is 44.7 Å². The summed E-state index contributed by atoms with van der Waals surface area (Å²) in [6.07, 6.45) is 6.54. The van der Waals surface area contributed by atoms with Gasteiger partial charge in [0.2, 0.25) is 0 Å². The maximum absolute atomic E-state index is 13.0. The first kappa shape index (κ1) is 25.8. The quantitative estimate of drug-likeness (QED) is 0.392. The number of methoxy groups -OCH3 is 1. The van der Waals surface area contributed by atoms with Crippen molar-refractivity contribution in [1.82, 2.24) is 0 Å². The third-order valence-corrected chi connectivity index (χ3v) is 10.3. The molecule has 0 radical (unpaired) electrons. The molecule has 1 fully saturated rings. The molecule has 1 saturated carbocycles. The Labute approximate surface area is 211 Å². The van der Waals surface area contributed by atoms with E-state index in [4.69, 9.17) is 9.47 Å². The lowest BCUT2D eigenvalue weighted by atomic mass is 9.72. The lowest BCUT2D eigenvalue weighted by Gasteiger charge is -2.32. The molecule has 2 aromatic rings. The average Bonchev–Trinajstić information content (AvgIpc) is 3.11. The van der Waals surface area contributed by atoms with Crippen molar-refractivity contribution in [3.05, 3.63) is 54.1 Å². The molecule has 0 saturated heterocycles. The molecule has 2 aromatic carbocycles. The van der Waals surface area contributed by atoms with Crippen molar-refractivity contribution < 1.29 is 17.9 Å². The van der Waals surface area contributed by atoms with Gasteiger partial charge in [0.25, 0.3) is 0 Å². The van der Waals surface area contributed by atoms with Crippen molar-refractivity contribution >= 4 is 9.84 Å². The normalized spacial score (nSPS) is 25.3. The van der Waals surface area contributed by atoms with Crippen LogP contribution in [-0.2, 0) is 20.0 Å². The van der Waals surface area contributed by atoms with Crippen LogP contribution in [0.4, 0.5) is 0 Å². The predicted octanol–water partition coefficient (Wildman–Crippen LogP) is 6.93. The van der Waals surface area contributed by atoms with E-state index in [0.717, 1.165) is 50.7 Å². The minimum Gasteiger partial charge on any atom is -0.457 e. The van der Waals surface area contributed by atoms with E-state index in [-0.39, 0.29) is 22.7 Å². The van der Waals surface area contributed by atoms with Gasteiger partial charge in [-0.15, -0.1) is 5.92 Å². The van der Waals surface area contributed by atoms with Crippen LogP contribution in [0, 0.1) is 23.7 Å². The summed E-state index contributed by atoms with van der Waals surface area (Å²) >= 11 is 0. The first-order chi connectivity index (χ1) is 16.7. The van der Waals surface area contributed by atoms with Gasteiger partial charge in [0, 0.05) is 24.9 Å². The van der Waals surface area contributed by atoms with Gasteiger partial charge in [-0.1, -0.05) is 38.8 Å². The second-order valence-corrected chi connectivity index (χ2v) is 13.0. The molecule has 0 amide bonds. The molecule has 188 valence electrons. The van der Waals surface area contributed by atoms with Crippen molar-refractivity contribution in [1.29, 1.82) is 0 Å². The van der Waals surface area contributed by atoms with E-state index in [1.165, 1.54) is 5.56 Å². The second kappa shape index (κ2) is 10.8. The largest absolute Gasteiger partial charge is 0.457 e. The van der Waals surface area contributed by atoms with Gasteiger partial charge in [0.05, 0.1) is 16.2 Å². The number of hydrogen-bond acceptors (Lipinski definition) is 4. The molecule has 2 aliphatic carbocycles. The molecule has 4 rings (SSSR count). The van der Waals surface area contributed by atoms with E-state index < -0.39 is 9.84 Å². The smallest absolute Gasteiger partial charge is 0.181 e. The van der Waals surface area contributed by atoms with Crippen molar-refractivity contribution in [2.45, 2.75) is 87.4 Å².